The highest BCUT2D eigenvalue weighted by molar-refractivity contribution is 7.09. The minimum Gasteiger partial charge on any atom is -0.494 e. The zero-order valence-electron chi connectivity index (χ0n) is 11.1. The summed E-state index contributed by atoms with van der Waals surface area (Å²) in [4.78, 5) is 1.39. The van der Waals surface area contributed by atoms with Crippen LogP contribution >= 0.6 is 11.3 Å². The van der Waals surface area contributed by atoms with Crippen molar-refractivity contribution in [3.8, 4) is 5.75 Å². The Balaban J connectivity index is 2.01. The molecule has 0 aliphatic heterocycles. The predicted octanol–water partition coefficient (Wildman–Crippen LogP) is 3.28. The lowest BCUT2D eigenvalue weighted by atomic mass is 10.0. The number of aryl methyl sites for hydroxylation is 1. The molecule has 0 aliphatic rings. The first kappa shape index (κ1) is 14.1. The minimum absolute atomic E-state index is 0.155. The van der Waals surface area contributed by atoms with Crippen LogP contribution in [0, 0.1) is 0 Å². The first-order valence-corrected chi connectivity index (χ1v) is 7.42. The Kier molecular flexibility index (Phi) is 5.39. The molecule has 1 aromatic carbocycles. The molecule has 2 aromatic rings. The second-order valence-electron chi connectivity index (χ2n) is 4.34. The van der Waals surface area contributed by atoms with Crippen molar-refractivity contribution in [3.63, 3.8) is 0 Å². The van der Waals surface area contributed by atoms with Crippen molar-refractivity contribution in [2.45, 2.75) is 25.8 Å². The van der Waals surface area contributed by atoms with E-state index in [0.717, 1.165) is 18.6 Å². The van der Waals surface area contributed by atoms with Crippen LogP contribution in [0.1, 0.15) is 29.8 Å². The molecule has 1 unspecified atom stereocenters. The Bertz CT molecular complexity index is 485. The summed E-state index contributed by atoms with van der Waals surface area (Å²) in [6, 6.07) is 12.5. The Hall–Kier alpha value is -1.36. The molecule has 3 nitrogen and oxygen atoms in total. The zero-order valence-corrected chi connectivity index (χ0v) is 12.0. The standard InChI is InChI=1S/C15H20N2OS/c1-2-18-13-6-3-5-12(11-13)15(17-16)9-8-14-7-4-10-19-14/h3-7,10-11,15,17H,2,8-9,16H2,1H3. The topological polar surface area (TPSA) is 47.3 Å². The summed E-state index contributed by atoms with van der Waals surface area (Å²) in [6.45, 7) is 2.67. The summed E-state index contributed by atoms with van der Waals surface area (Å²) >= 11 is 1.79. The molecule has 3 N–H and O–H groups in total. The van der Waals surface area contributed by atoms with E-state index in [0.29, 0.717) is 6.61 Å². The number of benzene rings is 1. The van der Waals surface area contributed by atoms with E-state index in [2.05, 4.69) is 35.1 Å². The molecule has 102 valence electrons. The lowest BCUT2D eigenvalue weighted by molar-refractivity contribution is 0.339. The smallest absolute Gasteiger partial charge is 0.119 e. The van der Waals surface area contributed by atoms with Crippen LogP contribution in [0.4, 0.5) is 0 Å². The molecule has 2 rings (SSSR count). The van der Waals surface area contributed by atoms with Gasteiger partial charge in [0.25, 0.3) is 0 Å². The highest BCUT2D eigenvalue weighted by Crippen LogP contribution is 2.23. The quantitative estimate of drug-likeness (QED) is 0.602. The Morgan fingerprint density at radius 1 is 1.32 bits per heavy atom. The second-order valence-corrected chi connectivity index (χ2v) is 5.38. The summed E-state index contributed by atoms with van der Waals surface area (Å²) < 4.78 is 5.53. The molecule has 0 spiro atoms. The van der Waals surface area contributed by atoms with Gasteiger partial charge in [-0.05, 0) is 48.9 Å². The number of hydrazine groups is 1. The average molecular weight is 276 g/mol. The Morgan fingerprint density at radius 3 is 2.89 bits per heavy atom. The van der Waals surface area contributed by atoms with Gasteiger partial charge in [-0.25, -0.2) is 0 Å². The zero-order chi connectivity index (χ0) is 13.5. The first-order valence-electron chi connectivity index (χ1n) is 6.54. The van der Waals surface area contributed by atoms with Gasteiger partial charge < -0.3 is 4.74 Å². The molecule has 0 aliphatic carbocycles. The molecule has 0 bridgehead atoms. The summed E-state index contributed by atoms with van der Waals surface area (Å²) in [5, 5.41) is 2.11. The van der Waals surface area contributed by atoms with Gasteiger partial charge in [-0.1, -0.05) is 18.2 Å². The van der Waals surface area contributed by atoms with Gasteiger partial charge in [-0.3, -0.25) is 11.3 Å². The van der Waals surface area contributed by atoms with E-state index in [1.54, 1.807) is 11.3 Å². The van der Waals surface area contributed by atoms with Crippen LogP contribution in [0.25, 0.3) is 0 Å². The third-order valence-corrected chi connectivity index (χ3v) is 3.97. The van der Waals surface area contributed by atoms with Crippen LogP contribution in [-0.4, -0.2) is 6.61 Å². The third-order valence-electron chi connectivity index (χ3n) is 3.03. The lowest BCUT2D eigenvalue weighted by Crippen LogP contribution is -2.28. The first-order chi connectivity index (χ1) is 9.33. The Labute approximate surface area is 118 Å². The van der Waals surface area contributed by atoms with Crippen molar-refractivity contribution in [2.24, 2.45) is 5.84 Å². The SMILES string of the molecule is CCOc1cccc(C(CCc2cccs2)NN)c1. The largest absolute Gasteiger partial charge is 0.494 e. The number of nitrogens with one attached hydrogen (secondary N) is 1. The van der Waals surface area contributed by atoms with Gasteiger partial charge >= 0.3 is 0 Å². The van der Waals surface area contributed by atoms with Gasteiger partial charge in [-0.15, -0.1) is 11.3 Å². The van der Waals surface area contributed by atoms with Gasteiger partial charge in [-0.2, -0.15) is 0 Å². The molecule has 0 fully saturated rings. The molecule has 1 heterocycles. The number of ether oxygens (including phenoxy) is 1. The summed E-state index contributed by atoms with van der Waals surface area (Å²) in [6.07, 6.45) is 2.01. The maximum atomic E-state index is 5.68. The molecule has 0 saturated carbocycles. The third kappa shape index (κ3) is 4.06. The predicted molar refractivity (Wildman–Crippen MR) is 80.3 cm³/mol. The maximum Gasteiger partial charge on any atom is 0.119 e. The van der Waals surface area contributed by atoms with E-state index < -0.39 is 0 Å². The lowest BCUT2D eigenvalue weighted by Gasteiger charge is -2.17. The van der Waals surface area contributed by atoms with Gasteiger partial charge in [0.05, 0.1) is 6.61 Å². The van der Waals surface area contributed by atoms with Crippen LogP contribution in [-0.2, 0) is 6.42 Å². The molecule has 4 heteroatoms. The molecular formula is C15H20N2OS. The van der Waals surface area contributed by atoms with E-state index >= 15 is 0 Å². The molecule has 0 radical (unpaired) electrons. The van der Waals surface area contributed by atoms with Crippen LogP contribution in [0.15, 0.2) is 41.8 Å². The molecule has 1 aromatic heterocycles. The number of rotatable bonds is 7. The van der Waals surface area contributed by atoms with Crippen molar-refractivity contribution in [2.75, 3.05) is 6.61 Å². The Morgan fingerprint density at radius 2 is 2.21 bits per heavy atom. The van der Waals surface area contributed by atoms with Crippen molar-refractivity contribution in [1.29, 1.82) is 0 Å². The van der Waals surface area contributed by atoms with Gasteiger partial charge in [0, 0.05) is 10.9 Å². The van der Waals surface area contributed by atoms with E-state index in [1.807, 2.05) is 19.1 Å². The van der Waals surface area contributed by atoms with Crippen LogP contribution in [0.2, 0.25) is 0 Å². The van der Waals surface area contributed by atoms with Crippen molar-refractivity contribution < 1.29 is 4.74 Å². The monoisotopic (exact) mass is 276 g/mol. The van der Waals surface area contributed by atoms with Crippen molar-refractivity contribution in [1.82, 2.24) is 5.43 Å². The summed E-state index contributed by atoms with van der Waals surface area (Å²) in [7, 11) is 0. The van der Waals surface area contributed by atoms with E-state index in [9.17, 15) is 0 Å². The summed E-state index contributed by atoms with van der Waals surface area (Å²) in [5.74, 6) is 6.58. The van der Waals surface area contributed by atoms with Gasteiger partial charge in [0.15, 0.2) is 0 Å². The molecule has 0 amide bonds. The van der Waals surface area contributed by atoms with Crippen molar-refractivity contribution in [3.05, 3.63) is 52.2 Å². The van der Waals surface area contributed by atoms with Crippen molar-refractivity contribution >= 4 is 11.3 Å². The molecule has 0 saturated heterocycles. The normalized spacial score (nSPS) is 12.3. The van der Waals surface area contributed by atoms with E-state index in [1.165, 1.54) is 10.4 Å². The summed E-state index contributed by atoms with van der Waals surface area (Å²) in [5.41, 5.74) is 4.07. The van der Waals surface area contributed by atoms with Gasteiger partial charge in [0.1, 0.15) is 5.75 Å². The maximum absolute atomic E-state index is 5.68. The van der Waals surface area contributed by atoms with Crippen LogP contribution in [0.5, 0.6) is 5.75 Å². The number of thiophene rings is 1. The van der Waals surface area contributed by atoms with E-state index in [-0.39, 0.29) is 6.04 Å². The fourth-order valence-corrected chi connectivity index (χ4v) is 2.80. The number of hydrogen-bond acceptors (Lipinski definition) is 4. The van der Waals surface area contributed by atoms with Crippen LogP contribution in [0.3, 0.4) is 0 Å². The van der Waals surface area contributed by atoms with E-state index in [4.69, 9.17) is 10.6 Å². The highest BCUT2D eigenvalue weighted by atomic mass is 32.1. The number of hydrogen-bond donors (Lipinski definition) is 2. The van der Waals surface area contributed by atoms with Gasteiger partial charge in [0.2, 0.25) is 0 Å². The second kappa shape index (κ2) is 7.28. The molecule has 1 atom stereocenters. The molecular weight excluding hydrogens is 256 g/mol. The highest BCUT2D eigenvalue weighted by Gasteiger charge is 2.11. The fourth-order valence-electron chi connectivity index (χ4n) is 2.08. The average Bonchev–Trinajstić information content (AvgIpc) is 2.94. The number of nitrogens with two attached hydrogens (primary N) is 1. The van der Waals surface area contributed by atoms with Crippen LogP contribution < -0.4 is 16.0 Å². The molecule has 19 heavy (non-hydrogen) atoms. The minimum atomic E-state index is 0.155. The fraction of sp³-hybridized carbons (Fsp3) is 0.333.